The van der Waals surface area contributed by atoms with Crippen LogP contribution in [0.3, 0.4) is 0 Å². The van der Waals surface area contributed by atoms with Crippen LogP contribution in [-0.4, -0.2) is 42.5 Å². The average Bonchev–Trinajstić information content (AvgIpc) is 2.38. The quantitative estimate of drug-likeness (QED) is 0.586. The van der Waals surface area contributed by atoms with Gasteiger partial charge < -0.3 is 9.64 Å². The Hall–Kier alpha value is -1.98. The predicted molar refractivity (Wildman–Crippen MR) is 62.4 cm³/mol. The Labute approximate surface area is 105 Å². The predicted octanol–water partition coefficient (Wildman–Crippen LogP) is 1.25. The van der Waals surface area contributed by atoms with E-state index in [4.69, 9.17) is 0 Å². The highest BCUT2D eigenvalue weighted by molar-refractivity contribution is 5.93. The van der Waals surface area contributed by atoms with E-state index >= 15 is 0 Å². The summed E-state index contributed by atoms with van der Waals surface area (Å²) in [6.45, 7) is 0.422. The number of aromatic nitrogens is 1. The molecule has 0 aliphatic carbocycles. The first-order chi connectivity index (χ1) is 8.54. The highest BCUT2D eigenvalue weighted by atomic mass is 19.1. The molecular formula is C12H15FN2O3. The second-order valence-corrected chi connectivity index (χ2v) is 3.78. The smallest absolute Gasteiger partial charge is 0.305 e. The summed E-state index contributed by atoms with van der Waals surface area (Å²) in [5.74, 6) is -1.19. The van der Waals surface area contributed by atoms with E-state index in [2.05, 4.69) is 9.72 Å². The van der Waals surface area contributed by atoms with Crippen molar-refractivity contribution in [3.05, 3.63) is 29.8 Å². The third kappa shape index (κ3) is 4.12. The summed E-state index contributed by atoms with van der Waals surface area (Å²) in [7, 11) is 2.93. The maximum atomic E-state index is 12.6. The van der Waals surface area contributed by atoms with Gasteiger partial charge in [-0.3, -0.25) is 9.59 Å². The van der Waals surface area contributed by atoms with Gasteiger partial charge in [-0.2, -0.15) is 4.39 Å². The minimum Gasteiger partial charge on any atom is -0.469 e. The fourth-order valence-electron chi connectivity index (χ4n) is 1.39. The fourth-order valence-corrected chi connectivity index (χ4v) is 1.39. The molecule has 0 unspecified atom stereocenters. The Morgan fingerprint density at radius 3 is 2.72 bits per heavy atom. The molecule has 0 N–H and O–H groups in total. The molecule has 0 saturated carbocycles. The van der Waals surface area contributed by atoms with E-state index in [1.54, 1.807) is 7.05 Å². The first-order valence-corrected chi connectivity index (χ1v) is 5.48. The van der Waals surface area contributed by atoms with Crippen molar-refractivity contribution in [2.75, 3.05) is 20.7 Å². The molecule has 0 bridgehead atoms. The largest absolute Gasteiger partial charge is 0.469 e. The highest BCUT2D eigenvalue weighted by Crippen LogP contribution is 2.04. The molecule has 98 valence electrons. The van der Waals surface area contributed by atoms with Crippen molar-refractivity contribution in [1.29, 1.82) is 0 Å². The van der Waals surface area contributed by atoms with Gasteiger partial charge in [-0.25, -0.2) is 4.98 Å². The van der Waals surface area contributed by atoms with E-state index < -0.39 is 5.95 Å². The normalized spacial score (nSPS) is 9.94. The van der Waals surface area contributed by atoms with Gasteiger partial charge in [-0.1, -0.05) is 0 Å². The average molecular weight is 254 g/mol. The van der Waals surface area contributed by atoms with Crippen LogP contribution in [0.15, 0.2) is 18.3 Å². The number of pyridine rings is 1. The summed E-state index contributed by atoms with van der Waals surface area (Å²) in [4.78, 5) is 27.6. The number of hydrogen-bond donors (Lipinski definition) is 0. The summed E-state index contributed by atoms with van der Waals surface area (Å²) in [5.41, 5.74) is 0.317. The molecule has 0 saturated heterocycles. The second kappa shape index (κ2) is 6.68. The molecule has 1 rings (SSSR count). The van der Waals surface area contributed by atoms with Crippen molar-refractivity contribution >= 4 is 11.9 Å². The summed E-state index contributed by atoms with van der Waals surface area (Å²) < 4.78 is 17.1. The number of ether oxygens (including phenoxy) is 1. The van der Waals surface area contributed by atoms with Crippen LogP contribution >= 0.6 is 0 Å². The monoisotopic (exact) mass is 254 g/mol. The molecule has 1 aromatic heterocycles. The van der Waals surface area contributed by atoms with Gasteiger partial charge in [0.05, 0.1) is 12.7 Å². The molecule has 6 heteroatoms. The van der Waals surface area contributed by atoms with Gasteiger partial charge in [0.2, 0.25) is 5.95 Å². The van der Waals surface area contributed by atoms with Crippen molar-refractivity contribution < 1.29 is 18.7 Å². The summed E-state index contributed by atoms with van der Waals surface area (Å²) in [6.07, 6.45) is 1.97. The minimum atomic E-state index is -0.625. The molecule has 0 aliphatic heterocycles. The van der Waals surface area contributed by atoms with Gasteiger partial charge in [0.1, 0.15) is 0 Å². The number of hydrogen-bond acceptors (Lipinski definition) is 4. The number of carbonyl (C=O) groups is 2. The van der Waals surface area contributed by atoms with E-state index in [0.29, 0.717) is 18.5 Å². The number of methoxy groups -OCH3 is 1. The molecule has 0 atom stereocenters. The fraction of sp³-hybridized carbons (Fsp3) is 0.417. The Balaban J connectivity index is 2.46. The second-order valence-electron chi connectivity index (χ2n) is 3.78. The third-order valence-corrected chi connectivity index (χ3v) is 2.42. The van der Waals surface area contributed by atoms with Crippen LogP contribution in [0.1, 0.15) is 23.2 Å². The van der Waals surface area contributed by atoms with Gasteiger partial charge in [0.15, 0.2) is 0 Å². The number of rotatable bonds is 5. The van der Waals surface area contributed by atoms with E-state index in [9.17, 15) is 14.0 Å². The van der Waals surface area contributed by atoms with Crippen molar-refractivity contribution in [3.63, 3.8) is 0 Å². The summed E-state index contributed by atoms with van der Waals surface area (Å²) >= 11 is 0. The first-order valence-electron chi connectivity index (χ1n) is 5.48. The van der Waals surface area contributed by atoms with Gasteiger partial charge in [-0.05, 0) is 18.6 Å². The van der Waals surface area contributed by atoms with Crippen LogP contribution in [0.25, 0.3) is 0 Å². The molecule has 1 heterocycles. The van der Waals surface area contributed by atoms with Crippen LogP contribution in [0.5, 0.6) is 0 Å². The zero-order valence-electron chi connectivity index (χ0n) is 10.4. The molecular weight excluding hydrogens is 239 g/mol. The highest BCUT2D eigenvalue weighted by Gasteiger charge is 2.12. The lowest BCUT2D eigenvalue weighted by atomic mass is 10.2. The minimum absolute atomic E-state index is 0.257. The van der Waals surface area contributed by atoms with Gasteiger partial charge in [-0.15, -0.1) is 0 Å². The molecule has 18 heavy (non-hydrogen) atoms. The lowest BCUT2D eigenvalue weighted by Crippen LogP contribution is -2.28. The number of esters is 1. The molecule has 0 aliphatic rings. The van der Waals surface area contributed by atoms with Gasteiger partial charge in [0.25, 0.3) is 5.91 Å². The van der Waals surface area contributed by atoms with Crippen molar-refractivity contribution in [3.8, 4) is 0 Å². The zero-order valence-corrected chi connectivity index (χ0v) is 10.4. The summed E-state index contributed by atoms with van der Waals surface area (Å²) in [6, 6.07) is 2.51. The molecule has 1 aromatic rings. The van der Waals surface area contributed by atoms with E-state index in [1.807, 2.05) is 0 Å². The number of amides is 1. The molecule has 0 radical (unpaired) electrons. The van der Waals surface area contributed by atoms with Crippen LogP contribution < -0.4 is 0 Å². The lowest BCUT2D eigenvalue weighted by molar-refractivity contribution is -0.140. The van der Waals surface area contributed by atoms with Gasteiger partial charge >= 0.3 is 5.97 Å². The first kappa shape index (κ1) is 14.1. The third-order valence-electron chi connectivity index (χ3n) is 2.42. The van der Waals surface area contributed by atoms with Crippen LogP contribution in [0.2, 0.25) is 0 Å². The van der Waals surface area contributed by atoms with Crippen molar-refractivity contribution in [1.82, 2.24) is 9.88 Å². The number of halogens is 1. The number of carbonyl (C=O) groups excluding carboxylic acids is 2. The maximum Gasteiger partial charge on any atom is 0.305 e. The van der Waals surface area contributed by atoms with E-state index in [0.717, 1.165) is 6.07 Å². The zero-order chi connectivity index (χ0) is 13.5. The summed E-state index contributed by atoms with van der Waals surface area (Å²) in [5, 5.41) is 0. The molecule has 5 nitrogen and oxygen atoms in total. The lowest BCUT2D eigenvalue weighted by Gasteiger charge is -2.16. The standard InChI is InChI=1S/C12H15FN2O3/c1-15(7-3-4-11(16)18-2)12(17)9-5-6-10(13)14-8-9/h5-6,8H,3-4,7H2,1-2H3. The number of nitrogens with zero attached hydrogens (tertiary/aromatic N) is 2. The topological polar surface area (TPSA) is 59.5 Å². The van der Waals surface area contributed by atoms with E-state index in [-0.39, 0.29) is 18.3 Å². The molecule has 1 amide bonds. The Kier molecular flexibility index (Phi) is 5.23. The van der Waals surface area contributed by atoms with E-state index in [1.165, 1.54) is 24.3 Å². The Morgan fingerprint density at radius 1 is 1.44 bits per heavy atom. The van der Waals surface area contributed by atoms with Crippen LogP contribution in [-0.2, 0) is 9.53 Å². The SMILES string of the molecule is COC(=O)CCCN(C)C(=O)c1ccc(F)nc1. The van der Waals surface area contributed by atoms with Crippen molar-refractivity contribution in [2.45, 2.75) is 12.8 Å². The molecule has 0 fully saturated rings. The van der Waals surface area contributed by atoms with Crippen molar-refractivity contribution in [2.24, 2.45) is 0 Å². The Bertz CT molecular complexity index is 420. The van der Waals surface area contributed by atoms with Crippen LogP contribution in [0.4, 0.5) is 4.39 Å². The maximum absolute atomic E-state index is 12.6. The van der Waals surface area contributed by atoms with Gasteiger partial charge in [0, 0.05) is 26.2 Å². The molecule has 0 spiro atoms. The van der Waals surface area contributed by atoms with Crippen LogP contribution in [0, 0.1) is 5.95 Å². The molecule has 0 aromatic carbocycles. The Morgan fingerprint density at radius 2 is 2.17 bits per heavy atom.